The molecule has 0 amide bonds. The lowest BCUT2D eigenvalue weighted by Crippen LogP contribution is -1.72. The fourth-order valence-corrected chi connectivity index (χ4v) is 1.05. The van der Waals surface area contributed by atoms with Crippen molar-refractivity contribution in [2.24, 2.45) is 0 Å². The Hall–Kier alpha value is -0.170. The van der Waals surface area contributed by atoms with Crippen LogP contribution in [-0.4, -0.2) is 0 Å². The van der Waals surface area contributed by atoms with E-state index in [4.69, 9.17) is 0 Å². The molecule has 0 aliphatic rings. The topological polar surface area (TPSA) is 0 Å². The summed E-state index contributed by atoms with van der Waals surface area (Å²) in [7, 11) is 0. The predicted octanol–water partition coefficient (Wildman–Crippen LogP) is 3.57. The minimum Gasteiger partial charge on any atom is -0.104 e. The molecule has 1 heteroatoms. The Morgan fingerprint density at radius 2 is 2.33 bits per heavy atom. The lowest BCUT2D eigenvalue weighted by Gasteiger charge is -1.97. The summed E-state index contributed by atoms with van der Waals surface area (Å²) < 4.78 is 0. The fourth-order valence-electron chi connectivity index (χ4n) is 0.551. The van der Waals surface area contributed by atoms with Gasteiger partial charge in [-0.2, -0.15) is 0 Å². The van der Waals surface area contributed by atoms with Crippen LogP contribution in [0.15, 0.2) is 23.5 Å². The molecule has 0 saturated carbocycles. The van der Waals surface area contributed by atoms with Gasteiger partial charge in [-0.15, -0.1) is 11.8 Å². The van der Waals surface area contributed by atoms with Crippen molar-refractivity contribution in [3.8, 4) is 0 Å². The van der Waals surface area contributed by atoms with Gasteiger partial charge in [0.2, 0.25) is 0 Å². The standard InChI is InChI=1S/C8H14S/c1-4-6-7-8(3)9-5-2/h5H,2-4,6-7H2,1H3. The van der Waals surface area contributed by atoms with E-state index in [1.165, 1.54) is 17.7 Å². The van der Waals surface area contributed by atoms with Crippen molar-refractivity contribution >= 4 is 11.8 Å². The number of rotatable bonds is 5. The van der Waals surface area contributed by atoms with Crippen molar-refractivity contribution in [1.82, 2.24) is 0 Å². The van der Waals surface area contributed by atoms with Crippen LogP contribution in [0.4, 0.5) is 0 Å². The molecule has 0 aliphatic carbocycles. The molecule has 0 aromatic carbocycles. The van der Waals surface area contributed by atoms with Crippen molar-refractivity contribution in [2.75, 3.05) is 0 Å². The van der Waals surface area contributed by atoms with Crippen molar-refractivity contribution in [2.45, 2.75) is 26.2 Å². The maximum atomic E-state index is 3.87. The molecule has 0 saturated heterocycles. The molecule has 0 unspecified atom stereocenters. The van der Waals surface area contributed by atoms with Gasteiger partial charge in [-0.05, 0) is 23.2 Å². The second kappa shape index (κ2) is 5.96. The van der Waals surface area contributed by atoms with E-state index in [0.717, 1.165) is 6.42 Å². The summed E-state index contributed by atoms with van der Waals surface area (Å²) in [4.78, 5) is 1.23. The van der Waals surface area contributed by atoms with E-state index >= 15 is 0 Å². The summed E-state index contributed by atoms with van der Waals surface area (Å²) in [6, 6.07) is 0. The number of hydrogen-bond acceptors (Lipinski definition) is 1. The van der Waals surface area contributed by atoms with Gasteiger partial charge in [-0.25, -0.2) is 0 Å². The molecule has 52 valence electrons. The molecular formula is C8H14S. The Balaban J connectivity index is 3.16. The van der Waals surface area contributed by atoms with Crippen LogP contribution in [0.3, 0.4) is 0 Å². The summed E-state index contributed by atoms with van der Waals surface area (Å²) in [5.41, 5.74) is 0. The molecule has 9 heavy (non-hydrogen) atoms. The van der Waals surface area contributed by atoms with Crippen molar-refractivity contribution in [1.29, 1.82) is 0 Å². The lowest BCUT2D eigenvalue weighted by molar-refractivity contribution is 0.810. The van der Waals surface area contributed by atoms with Crippen LogP contribution in [0.25, 0.3) is 0 Å². The van der Waals surface area contributed by atoms with Gasteiger partial charge >= 0.3 is 0 Å². The molecule has 0 aliphatic heterocycles. The van der Waals surface area contributed by atoms with E-state index in [9.17, 15) is 0 Å². The maximum Gasteiger partial charge on any atom is -0.0180 e. The molecule has 0 atom stereocenters. The zero-order valence-electron chi connectivity index (χ0n) is 6.02. The molecule has 0 aromatic rings. The van der Waals surface area contributed by atoms with Gasteiger partial charge in [0.25, 0.3) is 0 Å². The van der Waals surface area contributed by atoms with E-state index in [0.29, 0.717) is 0 Å². The van der Waals surface area contributed by atoms with Crippen molar-refractivity contribution in [3.63, 3.8) is 0 Å². The van der Waals surface area contributed by atoms with Crippen molar-refractivity contribution < 1.29 is 0 Å². The van der Waals surface area contributed by atoms with Gasteiger partial charge < -0.3 is 0 Å². The highest BCUT2D eigenvalue weighted by Crippen LogP contribution is 2.19. The number of unbranched alkanes of at least 4 members (excludes halogenated alkanes) is 1. The average molecular weight is 142 g/mol. The van der Waals surface area contributed by atoms with Crippen LogP contribution < -0.4 is 0 Å². The first-order valence-corrected chi connectivity index (χ1v) is 4.14. The highest BCUT2D eigenvalue weighted by molar-refractivity contribution is 8.05. The first-order chi connectivity index (χ1) is 4.31. The number of thioether (sulfide) groups is 1. The van der Waals surface area contributed by atoms with Gasteiger partial charge in [-0.3, -0.25) is 0 Å². The highest BCUT2D eigenvalue weighted by Gasteiger charge is 1.88. The largest absolute Gasteiger partial charge is 0.104 e. The van der Waals surface area contributed by atoms with Crippen LogP contribution in [0, 0.1) is 0 Å². The summed E-state index contributed by atoms with van der Waals surface area (Å²) in [6.45, 7) is 9.67. The second-order valence-corrected chi connectivity index (χ2v) is 3.07. The molecule has 0 rings (SSSR count). The highest BCUT2D eigenvalue weighted by atomic mass is 32.2. The quantitative estimate of drug-likeness (QED) is 0.565. The summed E-state index contributed by atoms with van der Waals surface area (Å²) in [5, 5.41) is 1.83. The minimum atomic E-state index is 1.13. The van der Waals surface area contributed by atoms with Gasteiger partial charge in [0.1, 0.15) is 0 Å². The molecule has 0 radical (unpaired) electrons. The molecule has 0 heterocycles. The molecule has 0 spiro atoms. The van der Waals surface area contributed by atoms with E-state index in [1.807, 2.05) is 5.41 Å². The van der Waals surface area contributed by atoms with Crippen molar-refractivity contribution in [3.05, 3.63) is 23.5 Å². The van der Waals surface area contributed by atoms with Gasteiger partial charge in [0, 0.05) is 0 Å². The van der Waals surface area contributed by atoms with Gasteiger partial charge in [0.05, 0.1) is 0 Å². The average Bonchev–Trinajstić information content (AvgIpc) is 1.85. The molecule has 0 bridgehead atoms. The summed E-state index contributed by atoms with van der Waals surface area (Å²) in [5.74, 6) is 0. The normalized spacial score (nSPS) is 9.00. The minimum absolute atomic E-state index is 1.13. The second-order valence-electron chi connectivity index (χ2n) is 1.93. The third-order valence-electron chi connectivity index (χ3n) is 1.06. The maximum absolute atomic E-state index is 3.87. The van der Waals surface area contributed by atoms with Crippen LogP contribution in [0.2, 0.25) is 0 Å². The first kappa shape index (κ1) is 8.83. The third-order valence-corrected chi connectivity index (χ3v) is 1.76. The predicted molar refractivity (Wildman–Crippen MR) is 46.5 cm³/mol. The zero-order valence-corrected chi connectivity index (χ0v) is 6.84. The van der Waals surface area contributed by atoms with E-state index in [1.54, 1.807) is 11.8 Å². The van der Waals surface area contributed by atoms with Crippen LogP contribution in [0.1, 0.15) is 26.2 Å². The lowest BCUT2D eigenvalue weighted by atomic mass is 10.2. The van der Waals surface area contributed by atoms with Crippen LogP contribution in [0.5, 0.6) is 0 Å². The Kier molecular flexibility index (Phi) is 5.85. The molecule has 0 aromatic heterocycles. The summed E-state index contributed by atoms with van der Waals surface area (Å²) in [6.07, 6.45) is 3.63. The van der Waals surface area contributed by atoms with Crippen LogP contribution >= 0.6 is 11.8 Å². The van der Waals surface area contributed by atoms with E-state index < -0.39 is 0 Å². The monoisotopic (exact) mass is 142 g/mol. The van der Waals surface area contributed by atoms with Crippen LogP contribution in [-0.2, 0) is 0 Å². The van der Waals surface area contributed by atoms with Gasteiger partial charge in [0.15, 0.2) is 0 Å². The Morgan fingerprint density at radius 1 is 1.67 bits per heavy atom. The number of allylic oxidation sites excluding steroid dienone is 1. The smallest absolute Gasteiger partial charge is 0.0180 e. The SMILES string of the molecule is C=CSC(=C)CCCC. The molecule has 0 nitrogen and oxygen atoms in total. The Bertz CT molecular complexity index is 94.7. The van der Waals surface area contributed by atoms with E-state index in [2.05, 4.69) is 20.1 Å². The molecule has 0 N–H and O–H groups in total. The van der Waals surface area contributed by atoms with E-state index in [-0.39, 0.29) is 0 Å². The first-order valence-electron chi connectivity index (χ1n) is 3.26. The Labute approximate surface area is 62.0 Å². The fraction of sp³-hybridized carbons (Fsp3) is 0.500. The Morgan fingerprint density at radius 3 is 2.78 bits per heavy atom. The zero-order chi connectivity index (χ0) is 7.11. The summed E-state index contributed by atoms with van der Waals surface area (Å²) >= 11 is 1.64. The third kappa shape index (κ3) is 5.71. The number of hydrogen-bond donors (Lipinski definition) is 0. The van der Waals surface area contributed by atoms with Gasteiger partial charge in [-0.1, -0.05) is 26.5 Å². The molecule has 0 fully saturated rings. The molecular weight excluding hydrogens is 128 g/mol.